The molecule has 0 bridgehead atoms. The zero-order valence-corrected chi connectivity index (χ0v) is 13.8. The highest BCUT2D eigenvalue weighted by atomic mass is 35.5. The second-order valence-corrected chi connectivity index (χ2v) is 7.92. The maximum absolute atomic E-state index is 12.1. The lowest BCUT2D eigenvalue weighted by Crippen LogP contribution is -2.27. The number of benzene rings is 1. The predicted molar refractivity (Wildman–Crippen MR) is 85.8 cm³/mol. The van der Waals surface area contributed by atoms with Gasteiger partial charge in [-0.1, -0.05) is 28.1 Å². The Bertz CT molecular complexity index is 426. The second-order valence-electron chi connectivity index (χ2n) is 5.20. The van der Waals surface area contributed by atoms with Crippen molar-refractivity contribution in [1.82, 2.24) is 0 Å². The number of halogens is 2. The zero-order valence-electron chi connectivity index (χ0n) is 11.5. The number of nitrogens with zero attached hydrogens (tertiary/aromatic N) is 1. The normalized spacial score (nSPS) is 14.5. The molecule has 0 saturated heterocycles. The van der Waals surface area contributed by atoms with Crippen LogP contribution in [-0.4, -0.2) is 20.9 Å². The zero-order chi connectivity index (χ0) is 14.5. The number of alkyl halides is 1. The SMILES string of the molecule is CC(C)(C)[S+]([O-])/N=C(\CCCCl)c1ccc(Cl)cc1. The van der Waals surface area contributed by atoms with Crippen molar-refractivity contribution in [2.45, 2.75) is 38.4 Å². The minimum Gasteiger partial charge on any atom is -0.591 e. The molecule has 0 amide bonds. The van der Waals surface area contributed by atoms with Gasteiger partial charge in [-0.05, 0) is 45.7 Å². The van der Waals surface area contributed by atoms with Gasteiger partial charge in [0.2, 0.25) is 0 Å². The molecule has 1 rings (SSSR count). The molecule has 0 aliphatic rings. The summed E-state index contributed by atoms with van der Waals surface area (Å²) in [5.74, 6) is 0.564. The summed E-state index contributed by atoms with van der Waals surface area (Å²) in [6.07, 6.45) is 1.53. The molecule has 2 nitrogen and oxygen atoms in total. The van der Waals surface area contributed by atoms with Crippen molar-refractivity contribution in [3.05, 3.63) is 34.9 Å². The molecule has 0 aliphatic heterocycles. The van der Waals surface area contributed by atoms with E-state index >= 15 is 0 Å². The monoisotopic (exact) mass is 319 g/mol. The average Bonchev–Trinajstić information content (AvgIpc) is 2.34. The number of hydrogen-bond acceptors (Lipinski definition) is 2. The number of hydrogen-bond donors (Lipinski definition) is 0. The van der Waals surface area contributed by atoms with Gasteiger partial charge in [-0.3, -0.25) is 0 Å². The summed E-state index contributed by atoms with van der Waals surface area (Å²) in [5, 5.41) is 0.678. The van der Waals surface area contributed by atoms with Crippen LogP contribution in [0.25, 0.3) is 0 Å². The van der Waals surface area contributed by atoms with Crippen LogP contribution >= 0.6 is 23.2 Å². The first-order valence-electron chi connectivity index (χ1n) is 6.16. The van der Waals surface area contributed by atoms with Gasteiger partial charge in [0, 0.05) is 16.5 Å². The van der Waals surface area contributed by atoms with Crippen molar-refractivity contribution < 1.29 is 4.55 Å². The van der Waals surface area contributed by atoms with Crippen molar-refractivity contribution in [1.29, 1.82) is 0 Å². The molecular formula is C14H19Cl2NOS. The molecule has 0 aliphatic carbocycles. The van der Waals surface area contributed by atoms with Gasteiger partial charge in [0.1, 0.15) is 16.1 Å². The topological polar surface area (TPSA) is 35.4 Å². The fraction of sp³-hybridized carbons (Fsp3) is 0.500. The van der Waals surface area contributed by atoms with Gasteiger partial charge >= 0.3 is 0 Å². The molecule has 1 aromatic rings. The second kappa shape index (κ2) is 7.53. The Balaban J connectivity index is 3.00. The van der Waals surface area contributed by atoms with Crippen molar-refractivity contribution in [2.75, 3.05) is 5.88 Å². The first-order valence-corrected chi connectivity index (χ1v) is 8.18. The van der Waals surface area contributed by atoms with Crippen molar-refractivity contribution >= 4 is 40.3 Å². The maximum atomic E-state index is 12.1. The third-order valence-corrected chi connectivity index (χ3v) is 4.39. The van der Waals surface area contributed by atoms with Crippen LogP contribution in [0, 0.1) is 0 Å². The van der Waals surface area contributed by atoms with Crippen LogP contribution in [0.3, 0.4) is 0 Å². The van der Waals surface area contributed by atoms with Crippen LogP contribution < -0.4 is 0 Å². The first kappa shape index (κ1) is 16.8. The van der Waals surface area contributed by atoms with Crippen LogP contribution in [0.2, 0.25) is 5.02 Å². The minimum atomic E-state index is -1.26. The lowest BCUT2D eigenvalue weighted by Gasteiger charge is -2.19. The Morgan fingerprint density at radius 3 is 2.32 bits per heavy atom. The summed E-state index contributed by atoms with van der Waals surface area (Å²) in [7, 11) is 0. The standard InChI is InChI=1S/C14H19Cl2NOS/c1-14(2,3)19(18)17-13(5-4-10-15)11-6-8-12(16)9-7-11/h6-9H,4-5,10H2,1-3H3/b17-13+. The van der Waals surface area contributed by atoms with Crippen molar-refractivity contribution in [3.63, 3.8) is 0 Å². The summed E-state index contributed by atoms with van der Waals surface area (Å²) < 4.78 is 16.2. The molecule has 106 valence electrons. The van der Waals surface area contributed by atoms with Crippen LogP contribution in [0.15, 0.2) is 28.7 Å². The van der Waals surface area contributed by atoms with Gasteiger partial charge in [0.05, 0.1) is 5.71 Å². The van der Waals surface area contributed by atoms with E-state index in [-0.39, 0.29) is 4.75 Å². The van der Waals surface area contributed by atoms with Crippen LogP contribution in [-0.2, 0) is 11.4 Å². The lowest BCUT2D eigenvalue weighted by molar-refractivity contribution is 0.561. The van der Waals surface area contributed by atoms with E-state index < -0.39 is 11.4 Å². The summed E-state index contributed by atoms with van der Waals surface area (Å²) in [4.78, 5) is 0. The molecule has 19 heavy (non-hydrogen) atoms. The highest BCUT2D eigenvalue weighted by molar-refractivity contribution is 7.91. The third kappa shape index (κ3) is 5.74. The molecule has 0 aromatic heterocycles. The van der Waals surface area contributed by atoms with Gasteiger partial charge in [-0.15, -0.1) is 11.6 Å². The molecule has 1 aromatic carbocycles. The third-order valence-electron chi connectivity index (χ3n) is 2.44. The largest absolute Gasteiger partial charge is 0.591 e. The molecule has 0 spiro atoms. The van der Waals surface area contributed by atoms with Gasteiger partial charge < -0.3 is 4.55 Å². The predicted octanol–water partition coefficient (Wildman–Crippen LogP) is 4.61. The molecule has 0 fully saturated rings. The molecule has 1 atom stereocenters. The lowest BCUT2D eigenvalue weighted by atomic mass is 10.1. The van der Waals surface area contributed by atoms with E-state index in [0.717, 1.165) is 17.7 Å². The highest BCUT2D eigenvalue weighted by Gasteiger charge is 2.27. The molecular weight excluding hydrogens is 301 g/mol. The van der Waals surface area contributed by atoms with E-state index in [1.807, 2.05) is 45.0 Å². The highest BCUT2D eigenvalue weighted by Crippen LogP contribution is 2.20. The van der Waals surface area contributed by atoms with E-state index in [2.05, 4.69) is 4.40 Å². The van der Waals surface area contributed by atoms with Crippen molar-refractivity contribution in [2.24, 2.45) is 4.40 Å². The minimum absolute atomic E-state index is 0.362. The van der Waals surface area contributed by atoms with Crippen LogP contribution in [0.4, 0.5) is 0 Å². The molecule has 0 saturated carbocycles. The van der Waals surface area contributed by atoms with Gasteiger partial charge in [0.15, 0.2) is 0 Å². The molecule has 5 heteroatoms. The Hall–Kier alpha value is -0.220. The first-order chi connectivity index (χ1) is 8.84. The molecule has 0 N–H and O–H groups in total. The Labute approximate surface area is 128 Å². The summed E-state index contributed by atoms with van der Waals surface area (Å²) in [6.45, 7) is 5.73. The summed E-state index contributed by atoms with van der Waals surface area (Å²) >= 11 is 10.3. The van der Waals surface area contributed by atoms with E-state index in [1.54, 1.807) is 0 Å². The molecule has 0 heterocycles. The maximum Gasteiger partial charge on any atom is 0.144 e. The Morgan fingerprint density at radius 1 is 1.26 bits per heavy atom. The van der Waals surface area contributed by atoms with Crippen LogP contribution in [0.5, 0.6) is 0 Å². The summed E-state index contributed by atoms with van der Waals surface area (Å²) in [6, 6.07) is 7.42. The fourth-order valence-corrected chi connectivity index (χ4v) is 2.29. The van der Waals surface area contributed by atoms with Gasteiger partial charge in [0.25, 0.3) is 0 Å². The Kier molecular flexibility index (Phi) is 6.67. The van der Waals surface area contributed by atoms with Gasteiger partial charge in [-0.2, -0.15) is 0 Å². The molecule has 0 radical (unpaired) electrons. The quantitative estimate of drug-likeness (QED) is 0.443. The molecule has 1 unspecified atom stereocenters. The average molecular weight is 320 g/mol. The van der Waals surface area contributed by atoms with E-state index in [0.29, 0.717) is 17.3 Å². The van der Waals surface area contributed by atoms with Crippen LogP contribution in [0.1, 0.15) is 39.2 Å². The van der Waals surface area contributed by atoms with Gasteiger partial charge in [-0.25, -0.2) is 0 Å². The van der Waals surface area contributed by atoms with E-state index in [4.69, 9.17) is 23.2 Å². The fourth-order valence-electron chi connectivity index (χ4n) is 1.36. The van der Waals surface area contributed by atoms with E-state index in [1.165, 1.54) is 0 Å². The number of rotatable bonds is 5. The summed E-state index contributed by atoms with van der Waals surface area (Å²) in [5.41, 5.74) is 1.78. The van der Waals surface area contributed by atoms with Crippen molar-refractivity contribution in [3.8, 4) is 0 Å². The van der Waals surface area contributed by atoms with E-state index in [9.17, 15) is 4.55 Å². The smallest absolute Gasteiger partial charge is 0.144 e. The Morgan fingerprint density at radius 2 is 1.84 bits per heavy atom.